The van der Waals surface area contributed by atoms with Crippen LogP contribution in [0.25, 0.3) is 0 Å². The summed E-state index contributed by atoms with van der Waals surface area (Å²) in [6.45, 7) is 6.54. The fourth-order valence-electron chi connectivity index (χ4n) is 1.65. The summed E-state index contributed by atoms with van der Waals surface area (Å²) in [5, 5.41) is 3.53. The third kappa shape index (κ3) is 11.8. The van der Waals surface area contributed by atoms with Crippen molar-refractivity contribution in [1.29, 1.82) is 0 Å². The standard InChI is InChI=1S/C13H30N2/c1-3-13(2)15-12-10-8-6-4-5-7-9-11-14/h13,15H,3-12,14H2,1-2H3. The zero-order valence-electron chi connectivity index (χ0n) is 10.7. The molecule has 1 atom stereocenters. The first-order valence-electron chi connectivity index (χ1n) is 6.74. The summed E-state index contributed by atoms with van der Waals surface area (Å²) in [6.07, 6.45) is 10.6. The van der Waals surface area contributed by atoms with Gasteiger partial charge in [0.05, 0.1) is 0 Å². The quantitative estimate of drug-likeness (QED) is 0.519. The molecule has 1 unspecified atom stereocenters. The van der Waals surface area contributed by atoms with Gasteiger partial charge in [0.15, 0.2) is 0 Å². The van der Waals surface area contributed by atoms with E-state index in [1.165, 1.54) is 57.9 Å². The van der Waals surface area contributed by atoms with Crippen LogP contribution in [0.1, 0.15) is 65.2 Å². The van der Waals surface area contributed by atoms with Gasteiger partial charge < -0.3 is 11.1 Å². The highest BCUT2D eigenvalue weighted by molar-refractivity contribution is 4.57. The van der Waals surface area contributed by atoms with E-state index in [2.05, 4.69) is 19.2 Å². The predicted molar refractivity (Wildman–Crippen MR) is 69.1 cm³/mol. The number of unbranched alkanes of at least 4 members (excludes halogenated alkanes) is 6. The molecule has 92 valence electrons. The maximum atomic E-state index is 5.44. The Bertz CT molecular complexity index is 115. The fourth-order valence-corrected chi connectivity index (χ4v) is 1.65. The molecule has 0 rings (SSSR count). The second-order valence-electron chi connectivity index (χ2n) is 4.53. The molecule has 2 nitrogen and oxygen atoms in total. The van der Waals surface area contributed by atoms with Gasteiger partial charge in [0.1, 0.15) is 0 Å². The molecule has 0 aliphatic carbocycles. The van der Waals surface area contributed by atoms with Crippen molar-refractivity contribution in [3.05, 3.63) is 0 Å². The van der Waals surface area contributed by atoms with Crippen LogP contribution in [0.2, 0.25) is 0 Å². The van der Waals surface area contributed by atoms with Crippen LogP contribution >= 0.6 is 0 Å². The average molecular weight is 214 g/mol. The lowest BCUT2D eigenvalue weighted by molar-refractivity contribution is 0.502. The summed E-state index contributed by atoms with van der Waals surface area (Å²) in [6, 6.07) is 0.689. The van der Waals surface area contributed by atoms with Crippen molar-refractivity contribution < 1.29 is 0 Å². The third-order valence-electron chi connectivity index (χ3n) is 2.99. The lowest BCUT2D eigenvalue weighted by Crippen LogP contribution is -2.25. The molecule has 0 aromatic carbocycles. The molecule has 0 aliphatic heterocycles. The van der Waals surface area contributed by atoms with Crippen molar-refractivity contribution in [2.45, 2.75) is 71.3 Å². The van der Waals surface area contributed by atoms with E-state index in [9.17, 15) is 0 Å². The molecule has 0 heterocycles. The fraction of sp³-hybridized carbons (Fsp3) is 1.00. The van der Waals surface area contributed by atoms with E-state index in [0.717, 1.165) is 6.54 Å². The number of nitrogens with two attached hydrogens (primary N) is 1. The van der Waals surface area contributed by atoms with Crippen molar-refractivity contribution >= 4 is 0 Å². The molecule has 0 aromatic rings. The highest BCUT2D eigenvalue weighted by atomic mass is 14.9. The van der Waals surface area contributed by atoms with Gasteiger partial charge >= 0.3 is 0 Å². The van der Waals surface area contributed by atoms with Gasteiger partial charge in [0, 0.05) is 6.04 Å². The lowest BCUT2D eigenvalue weighted by atomic mass is 10.1. The lowest BCUT2D eigenvalue weighted by Gasteiger charge is -2.10. The highest BCUT2D eigenvalue weighted by Crippen LogP contribution is 2.06. The van der Waals surface area contributed by atoms with E-state index in [-0.39, 0.29) is 0 Å². The molecule has 3 N–H and O–H groups in total. The smallest absolute Gasteiger partial charge is 0.00360 e. The van der Waals surface area contributed by atoms with Gasteiger partial charge in [-0.25, -0.2) is 0 Å². The van der Waals surface area contributed by atoms with Crippen molar-refractivity contribution in [2.24, 2.45) is 5.73 Å². The van der Waals surface area contributed by atoms with Crippen LogP contribution in [0.3, 0.4) is 0 Å². The van der Waals surface area contributed by atoms with Crippen LogP contribution in [0.5, 0.6) is 0 Å². The Labute approximate surface area is 96.0 Å². The molecule has 15 heavy (non-hydrogen) atoms. The number of rotatable bonds is 11. The van der Waals surface area contributed by atoms with Gasteiger partial charge in [0.2, 0.25) is 0 Å². The first kappa shape index (κ1) is 14.9. The molecule has 0 aromatic heterocycles. The first-order chi connectivity index (χ1) is 7.31. The summed E-state index contributed by atoms with van der Waals surface area (Å²) in [4.78, 5) is 0. The second-order valence-corrected chi connectivity index (χ2v) is 4.53. The molecule has 0 saturated heterocycles. The Kier molecular flexibility index (Phi) is 11.9. The maximum Gasteiger partial charge on any atom is 0.00360 e. The molecular formula is C13H30N2. The van der Waals surface area contributed by atoms with Gasteiger partial charge in [-0.3, -0.25) is 0 Å². The largest absolute Gasteiger partial charge is 0.330 e. The Morgan fingerprint density at radius 2 is 1.47 bits per heavy atom. The van der Waals surface area contributed by atoms with Crippen LogP contribution in [-0.2, 0) is 0 Å². The van der Waals surface area contributed by atoms with E-state index >= 15 is 0 Å². The number of hydrogen-bond acceptors (Lipinski definition) is 2. The first-order valence-corrected chi connectivity index (χ1v) is 6.74. The number of nitrogens with one attached hydrogen (secondary N) is 1. The number of hydrogen-bond donors (Lipinski definition) is 2. The van der Waals surface area contributed by atoms with Crippen molar-refractivity contribution in [1.82, 2.24) is 5.32 Å². The topological polar surface area (TPSA) is 38.0 Å². The van der Waals surface area contributed by atoms with E-state index < -0.39 is 0 Å². The van der Waals surface area contributed by atoms with Crippen LogP contribution < -0.4 is 11.1 Å². The van der Waals surface area contributed by atoms with Crippen LogP contribution in [-0.4, -0.2) is 19.1 Å². The van der Waals surface area contributed by atoms with Gasteiger partial charge in [-0.2, -0.15) is 0 Å². The molecule has 0 aliphatic rings. The average Bonchev–Trinajstić information content (AvgIpc) is 2.26. The zero-order valence-corrected chi connectivity index (χ0v) is 10.7. The molecule has 0 bridgehead atoms. The molecule has 0 fully saturated rings. The summed E-state index contributed by atoms with van der Waals surface area (Å²) in [5.74, 6) is 0. The molecule has 0 amide bonds. The van der Waals surface area contributed by atoms with Gasteiger partial charge in [-0.15, -0.1) is 0 Å². The van der Waals surface area contributed by atoms with Gasteiger partial charge in [-0.05, 0) is 39.3 Å². The minimum atomic E-state index is 0.689. The normalized spacial score (nSPS) is 13.0. The molecule has 0 saturated carbocycles. The molecule has 0 radical (unpaired) electrons. The van der Waals surface area contributed by atoms with E-state index in [0.29, 0.717) is 6.04 Å². The predicted octanol–water partition coefficient (Wildman–Crippen LogP) is 3.06. The summed E-state index contributed by atoms with van der Waals surface area (Å²) in [7, 11) is 0. The minimum Gasteiger partial charge on any atom is -0.330 e. The monoisotopic (exact) mass is 214 g/mol. The second kappa shape index (κ2) is 12.0. The minimum absolute atomic E-state index is 0.689. The van der Waals surface area contributed by atoms with Crippen LogP contribution in [0, 0.1) is 0 Å². The van der Waals surface area contributed by atoms with Gasteiger partial charge in [-0.1, -0.05) is 39.0 Å². The molecule has 2 heteroatoms. The Morgan fingerprint density at radius 1 is 0.933 bits per heavy atom. The van der Waals surface area contributed by atoms with Crippen molar-refractivity contribution in [3.63, 3.8) is 0 Å². The summed E-state index contributed by atoms with van der Waals surface area (Å²) < 4.78 is 0. The van der Waals surface area contributed by atoms with Gasteiger partial charge in [0.25, 0.3) is 0 Å². The Morgan fingerprint density at radius 3 is 2.00 bits per heavy atom. The van der Waals surface area contributed by atoms with E-state index in [1.54, 1.807) is 0 Å². The highest BCUT2D eigenvalue weighted by Gasteiger charge is 1.96. The summed E-state index contributed by atoms with van der Waals surface area (Å²) >= 11 is 0. The van der Waals surface area contributed by atoms with Crippen LogP contribution in [0.4, 0.5) is 0 Å². The summed E-state index contributed by atoms with van der Waals surface area (Å²) in [5.41, 5.74) is 5.44. The third-order valence-corrected chi connectivity index (χ3v) is 2.99. The maximum absolute atomic E-state index is 5.44. The van der Waals surface area contributed by atoms with Crippen molar-refractivity contribution in [2.75, 3.05) is 13.1 Å². The van der Waals surface area contributed by atoms with E-state index in [1.807, 2.05) is 0 Å². The van der Waals surface area contributed by atoms with Crippen molar-refractivity contribution in [3.8, 4) is 0 Å². The molecule has 0 spiro atoms. The SMILES string of the molecule is CCC(C)NCCCCCCCCCN. The van der Waals surface area contributed by atoms with Crippen LogP contribution in [0.15, 0.2) is 0 Å². The Balaban J connectivity index is 2.92. The van der Waals surface area contributed by atoms with E-state index in [4.69, 9.17) is 5.73 Å². The molecular weight excluding hydrogens is 184 g/mol. The zero-order chi connectivity index (χ0) is 11.4. The Hall–Kier alpha value is -0.0800.